The number of aliphatic hydroxyl groups excluding tert-OH is 1. The van der Waals surface area contributed by atoms with Crippen molar-refractivity contribution in [2.24, 2.45) is 0 Å². The van der Waals surface area contributed by atoms with Crippen molar-refractivity contribution in [2.45, 2.75) is 44.7 Å². The second kappa shape index (κ2) is 15.8. The summed E-state index contributed by atoms with van der Waals surface area (Å²) in [5.41, 5.74) is 4.17. The summed E-state index contributed by atoms with van der Waals surface area (Å²) in [6, 6.07) is 39.8. The number of hydrogen-bond donors (Lipinski definition) is 1. The number of ether oxygens (including phenoxy) is 4. The molecule has 4 rings (SSSR count). The third-order valence-electron chi connectivity index (χ3n) is 6.13. The van der Waals surface area contributed by atoms with Crippen molar-refractivity contribution >= 4 is 0 Å². The average Bonchev–Trinajstić information content (AvgIpc) is 2.98. The molecular formula is C33H36O5. The Kier molecular flexibility index (Phi) is 11.5. The van der Waals surface area contributed by atoms with Gasteiger partial charge in [0.15, 0.2) is 0 Å². The van der Waals surface area contributed by atoms with Gasteiger partial charge in [-0.05, 0) is 22.3 Å². The summed E-state index contributed by atoms with van der Waals surface area (Å²) in [6.45, 7) is 1.94. The van der Waals surface area contributed by atoms with Crippen LogP contribution in [0.2, 0.25) is 0 Å². The lowest BCUT2D eigenvalue weighted by Crippen LogP contribution is -2.45. The van der Waals surface area contributed by atoms with Crippen LogP contribution < -0.4 is 0 Å². The molecule has 0 aliphatic heterocycles. The molecule has 198 valence electrons. The smallest absolute Gasteiger partial charge is 0.114 e. The molecule has 0 fully saturated rings. The largest absolute Gasteiger partial charge is 0.388 e. The van der Waals surface area contributed by atoms with Gasteiger partial charge in [0.1, 0.15) is 18.3 Å². The Hall–Kier alpha value is -3.32. The highest BCUT2D eigenvalue weighted by Gasteiger charge is 2.31. The second-order valence-corrected chi connectivity index (χ2v) is 9.17. The molecule has 38 heavy (non-hydrogen) atoms. The fourth-order valence-corrected chi connectivity index (χ4v) is 4.08. The van der Waals surface area contributed by atoms with Gasteiger partial charge >= 0.3 is 0 Å². The molecule has 0 amide bonds. The first-order valence-corrected chi connectivity index (χ1v) is 13.0. The number of rotatable bonds is 16. The molecule has 4 aromatic rings. The van der Waals surface area contributed by atoms with Crippen LogP contribution in [0.3, 0.4) is 0 Å². The van der Waals surface area contributed by atoms with Crippen molar-refractivity contribution in [3.05, 3.63) is 144 Å². The molecular weight excluding hydrogens is 476 g/mol. The molecule has 0 unspecified atom stereocenters. The maximum absolute atomic E-state index is 11.3. The van der Waals surface area contributed by atoms with Crippen LogP contribution in [-0.2, 0) is 45.4 Å². The van der Waals surface area contributed by atoms with Crippen LogP contribution in [0.5, 0.6) is 0 Å². The van der Waals surface area contributed by atoms with Crippen LogP contribution >= 0.6 is 0 Å². The molecule has 1 N–H and O–H groups in total. The van der Waals surface area contributed by atoms with Crippen molar-refractivity contribution in [3.8, 4) is 0 Å². The predicted octanol–water partition coefficient (Wildman–Crippen LogP) is 5.95. The van der Waals surface area contributed by atoms with E-state index in [4.69, 9.17) is 18.9 Å². The Morgan fingerprint density at radius 3 is 1.26 bits per heavy atom. The zero-order valence-electron chi connectivity index (χ0n) is 21.6. The SMILES string of the molecule is O[C@H](COCc1ccccc1)[C@@H](OCc1ccccc1)[C@@H](COCc1ccccc1)OCc1ccccc1. The van der Waals surface area contributed by atoms with Crippen molar-refractivity contribution in [1.82, 2.24) is 0 Å². The standard InChI is InChI=1S/C33H36O5/c34-31(25-35-21-27-13-5-1-6-14-27)33(38-24-30-19-11-4-12-20-30)32(37-23-29-17-9-3-10-18-29)26-36-22-28-15-7-2-8-16-28/h1-20,31-34H,21-26H2/t31-,32-,33-/m1/s1. The van der Waals surface area contributed by atoms with Crippen molar-refractivity contribution < 1.29 is 24.1 Å². The summed E-state index contributed by atoms with van der Waals surface area (Å²) in [5.74, 6) is 0. The van der Waals surface area contributed by atoms with Gasteiger partial charge in [0.25, 0.3) is 0 Å². The molecule has 0 spiro atoms. The van der Waals surface area contributed by atoms with E-state index in [1.165, 1.54) is 0 Å². The highest BCUT2D eigenvalue weighted by Crippen LogP contribution is 2.17. The molecule has 0 aromatic heterocycles. The van der Waals surface area contributed by atoms with Crippen LogP contribution in [0.1, 0.15) is 22.3 Å². The van der Waals surface area contributed by atoms with Crippen molar-refractivity contribution in [2.75, 3.05) is 13.2 Å². The second-order valence-electron chi connectivity index (χ2n) is 9.17. The minimum absolute atomic E-state index is 0.109. The van der Waals surface area contributed by atoms with Crippen LogP contribution in [0.4, 0.5) is 0 Å². The fraction of sp³-hybridized carbons (Fsp3) is 0.273. The molecule has 5 nitrogen and oxygen atoms in total. The van der Waals surface area contributed by atoms with E-state index in [2.05, 4.69) is 0 Å². The fourth-order valence-electron chi connectivity index (χ4n) is 4.08. The van der Waals surface area contributed by atoms with E-state index in [1.807, 2.05) is 121 Å². The summed E-state index contributed by atoms with van der Waals surface area (Å²) >= 11 is 0. The quantitative estimate of drug-likeness (QED) is 0.201. The monoisotopic (exact) mass is 512 g/mol. The van der Waals surface area contributed by atoms with E-state index in [0.717, 1.165) is 22.3 Å². The minimum atomic E-state index is -0.913. The Labute approximate surface area is 225 Å². The number of aliphatic hydroxyl groups is 1. The lowest BCUT2D eigenvalue weighted by molar-refractivity contribution is -0.164. The van der Waals surface area contributed by atoms with Gasteiger partial charge in [-0.1, -0.05) is 121 Å². The predicted molar refractivity (Wildman–Crippen MR) is 148 cm³/mol. The first kappa shape index (κ1) is 27.7. The van der Waals surface area contributed by atoms with Crippen LogP contribution in [-0.4, -0.2) is 36.6 Å². The van der Waals surface area contributed by atoms with Gasteiger partial charge in [0.05, 0.1) is 39.6 Å². The van der Waals surface area contributed by atoms with Crippen LogP contribution in [0, 0.1) is 0 Å². The van der Waals surface area contributed by atoms with E-state index in [0.29, 0.717) is 26.4 Å². The van der Waals surface area contributed by atoms with Crippen LogP contribution in [0.25, 0.3) is 0 Å². The first-order chi connectivity index (χ1) is 18.8. The Morgan fingerprint density at radius 1 is 0.447 bits per heavy atom. The lowest BCUT2D eigenvalue weighted by Gasteiger charge is -2.31. The highest BCUT2D eigenvalue weighted by molar-refractivity contribution is 5.16. The topological polar surface area (TPSA) is 57.2 Å². The van der Waals surface area contributed by atoms with Gasteiger partial charge in [-0.25, -0.2) is 0 Å². The van der Waals surface area contributed by atoms with E-state index in [-0.39, 0.29) is 13.2 Å². The zero-order chi connectivity index (χ0) is 26.3. The van der Waals surface area contributed by atoms with E-state index in [9.17, 15) is 5.11 Å². The normalized spacial score (nSPS) is 13.6. The molecule has 5 heteroatoms. The zero-order valence-corrected chi connectivity index (χ0v) is 21.6. The van der Waals surface area contributed by atoms with Gasteiger partial charge in [-0.3, -0.25) is 0 Å². The van der Waals surface area contributed by atoms with E-state index in [1.54, 1.807) is 0 Å². The van der Waals surface area contributed by atoms with Gasteiger partial charge in [0.2, 0.25) is 0 Å². The number of benzene rings is 4. The van der Waals surface area contributed by atoms with Crippen LogP contribution in [0.15, 0.2) is 121 Å². The maximum Gasteiger partial charge on any atom is 0.114 e. The maximum atomic E-state index is 11.3. The Balaban J connectivity index is 1.45. The van der Waals surface area contributed by atoms with Gasteiger partial charge in [-0.15, -0.1) is 0 Å². The van der Waals surface area contributed by atoms with E-state index < -0.39 is 18.3 Å². The molecule has 0 aliphatic carbocycles. The summed E-state index contributed by atoms with van der Waals surface area (Å²) in [5, 5.41) is 11.3. The van der Waals surface area contributed by atoms with Gasteiger partial charge in [-0.2, -0.15) is 0 Å². The lowest BCUT2D eigenvalue weighted by atomic mass is 10.1. The molecule has 4 aromatic carbocycles. The molecule has 0 saturated carbocycles. The number of hydrogen-bond acceptors (Lipinski definition) is 5. The third kappa shape index (κ3) is 9.53. The average molecular weight is 513 g/mol. The van der Waals surface area contributed by atoms with Crippen molar-refractivity contribution in [3.63, 3.8) is 0 Å². The summed E-state index contributed by atoms with van der Waals surface area (Å²) < 4.78 is 24.6. The first-order valence-electron chi connectivity index (χ1n) is 13.0. The van der Waals surface area contributed by atoms with Crippen molar-refractivity contribution in [1.29, 1.82) is 0 Å². The molecule has 0 bridgehead atoms. The third-order valence-corrected chi connectivity index (χ3v) is 6.13. The molecule has 0 aliphatic rings. The summed E-state index contributed by atoms with van der Waals surface area (Å²) in [7, 11) is 0. The molecule has 3 atom stereocenters. The molecule has 0 heterocycles. The highest BCUT2D eigenvalue weighted by atomic mass is 16.6. The van der Waals surface area contributed by atoms with E-state index >= 15 is 0 Å². The Bertz CT molecular complexity index is 1140. The summed E-state index contributed by atoms with van der Waals surface area (Å²) in [4.78, 5) is 0. The summed E-state index contributed by atoms with van der Waals surface area (Å²) in [6.07, 6.45) is -2.09. The Morgan fingerprint density at radius 2 is 0.816 bits per heavy atom. The van der Waals surface area contributed by atoms with Gasteiger partial charge in [0, 0.05) is 0 Å². The minimum Gasteiger partial charge on any atom is -0.388 e. The van der Waals surface area contributed by atoms with Gasteiger partial charge < -0.3 is 24.1 Å². The molecule has 0 saturated heterocycles. The molecule has 0 radical (unpaired) electrons.